The van der Waals surface area contributed by atoms with E-state index in [2.05, 4.69) is 149 Å². The second-order valence-electron chi connectivity index (χ2n) is 13.2. The highest BCUT2D eigenvalue weighted by Crippen LogP contribution is 2.44. The first-order valence-corrected chi connectivity index (χ1v) is 18.3. The molecule has 52 heavy (non-hydrogen) atoms. The average molecular weight is 684 g/mol. The Morgan fingerprint density at radius 1 is 0.481 bits per heavy atom. The Hall–Kier alpha value is -6.69. The van der Waals surface area contributed by atoms with Crippen molar-refractivity contribution in [1.82, 2.24) is 9.55 Å². The van der Waals surface area contributed by atoms with Crippen molar-refractivity contribution in [1.29, 1.82) is 0 Å². The predicted octanol–water partition coefficient (Wildman–Crippen LogP) is 13.6. The second-order valence-corrected chi connectivity index (χ2v) is 14.3. The Morgan fingerprint density at radius 2 is 1.12 bits per heavy atom. The minimum Gasteiger partial charge on any atom is -0.436 e. The largest absolute Gasteiger partial charge is 0.436 e. The van der Waals surface area contributed by atoms with Crippen LogP contribution in [0.4, 0.5) is 17.1 Å². The summed E-state index contributed by atoms with van der Waals surface area (Å²) in [6.07, 6.45) is 0. The number of aromatic nitrogens is 2. The molecule has 11 rings (SSSR count). The van der Waals surface area contributed by atoms with Crippen molar-refractivity contribution in [3.8, 4) is 17.1 Å². The normalized spacial score (nSPS) is 11.8. The van der Waals surface area contributed by atoms with E-state index in [1.165, 1.54) is 42.0 Å². The average Bonchev–Trinajstić information content (AvgIpc) is 3.91. The lowest BCUT2D eigenvalue weighted by Gasteiger charge is -2.26. The fourth-order valence-corrected chi connectivity index (χ4v) is 8.94. The molecule has 3 heterocycles. The number of benzene rings is 8. The summed E-state index contributed by atoms with van der Waals surface area (Å²) < 4.78 is 11.2. The fourth-order valence-electron chi connectivity index (χ4n) is 7.80. The summed E-state index contributed by atoms with van der Waals surface area (Å²) in [4.78, 5) is 7.43. The standard InChI is InChI=1S/C47H29N3OS/c1-3-11-31(12-4-1)47-48-46-39-27-33(21-19-30(39)20-26-43(46)51-47)49(35-22-24-38-37-16-8-10-18-44(37)52-45(38)29-35)34-23-25-42-40(28-34)36-15-7-9-17-41(36)50(42)32-13-5-2-6-14-32/h1-29H. The van der Waals surface area contributed by atoms with Gasteiger partial charge in [0.05, 0.1) is 11.0 Å². The first kappa shape index (κ1) is 29.1. The minimum atomic E-state index is 0.626. The first-order chi connectivity index (χ1) is 25.8. The van der Waals surface area contributed by atoms with Gasteiger partial charge in [0.2, 0.25) is 5.89 Å². The molecule has 0 aliphatic rings. The molecule has 0 bridgehead atoms. The van der Waals surface area contributed by atoms with E-state index in [-0.39, 0.29) is 0 Å². The van der Waals surface area contributed by atoms with Crippen LogP contribution < -0.4 is 4.90 Å². The third-order valence-corrected chi connectivity index (χ3v) is 11.3. The third kappa shape index (κ3) is 4.50. The van der Waals surface area contributed by atoms with Crippen LogP contribution in [0.15, 0.2) is 180 Å². The number of rotatable bonds is 5. The van der Waals surface area contributed by atoms with E-state index in [1.54, 1.807) is 0 Å². The molecule has 5 heteroatoms. The van der Waals surface area contributed by atoms with Gasteiger partial charge in [-0.25, -0.2) is 4.98 Å². The van der Waals surface area contributed by atoms with Crippen LogP contribution in [0, 0.1) is 0 Å². The molecule has 0 N–H and O–H groups in total. The summed E-state index contributed by atoms with van der Waals surface area (Å²) in [5, 5.41) is 7.17. The van der Waals surface area contributed by atoms with E-state index in [1.807, 2.05) is 47.7 Å². The molecule has 8 aromatic carbocycles. The number of hydrogen-bond donors (Lipinski definition) is 0. The Balaban J connectivity index is 1.15. The maximum absolute atomic E-state index is 6.31. The Morgan fingerprint density at radius 3 is 1.98 bits per heavy atom. The van der Waals surface area contributed by atoms with Gasteiger partial charge >= 0.3 is 0 Å². The van der Waals surface area contributed by atoms with Crippen molar-refractivity contribution in [3.63, 3.8) is 0 Å². The molecule has 0 spiro atoms. The Labute approximate surface area is 303 Å². The highest BCUT2D eigenvalue weighted by molar-refractivity contribution is 7.25. The van der Waals surface area contributed by atoms with E-state index in [9.17, 15) is 0 Å². The lowest BCUT2D eigenvalue weighted by Crippen LogP contribution is -2.10. The van der Waals surface area contributed by atoms with Gasteiger partial charge < -0.3 is 13.9 Å². The second kappa shape index (κ2) is 11.4. The number of nitrogens with zero attached hydrogens (tertiary/aromatic N) is 3. The van der Waals surface area contributed by atoms with Gasteiger partial charge in [-0.15, -0.1) is 11.3 Å². The first-order valence-electron chi connectivity index (χ1n) is 17.5. The molecule has 0 aliphatic carbocycles. The van der Waals surface area contributed by atoms with Crippen LogP contribution in [0.2, 0.25) is 0 Å². The maximum Gasteiger partial charge on any atom is 0.227 e. The molecule has 0 radical (unpaired) electrons. The molecular formula is C47H29N3OS. The monoisotopic (exact) mass is 683 g/mol. The zero-order valence-corrected chi connectivity index (χ0v) is 28.7. The molecule has 0 atom stereocenters. The number of anilines is 3. The van der Waals surface area contributed by atoms with Gasteiger partial charge in [0.15, 0.2) is 5.58 Å². The van der Waals surface area contributed by atoms with E-state index in [0.717, 1.165) is 50.2 Å². The van der Waals surface area contributed by atoms with Crippen molar-refractivity contribution in [3.05, 3.63) is 176 Å². The molecular weight excluding hydrogens is 655 g/mol. The number of fused-ring (bicyclic) bond motifs is 9. The van der Waals surface area contributed by atoms with Crippen LogP contribution in [0.1, 0.15) is 0 Å². The van der Waals surface area contributed by atoms with Crippen molar-refractivity contribution < 1.29 is 4.42 Å². The van der Waals surface area contributed by atoms with Gasteiger partial charge in [0.1, 0.15) is 5.52 Å². The summed E-state index contributed by atoms with van der Waals surface area (Å²) >= 11 is 1.84. The van der Waals surface area contributed by atoms with Crippen LogP contribution in [0.25, 0.3) is 81.0 Å². The number of thiophene rings is 1. The minimum absolute atomic E-state index is 0.626. The summed E-state index contributed by atoms with van der Waals surface area (Å²) in [5.41, 5.74) is 9.34. The molecule has 4 nitrogen and oxygen atoms in total. The van der Waals surface area contributed by atoms with Gasteiger partial charge in [-0.2, -0.15) is 0 Å². The van der Waals surface area contributed by atoms with Crippen LogP contribution in [-0.4, -0.2) is 9.55 Å². The Kier molecular flexibility index (Phi) is 6.39. The number of oxazole rings is 1. The molecule has 0 saturated carbocycles. The van der Waals surface area contributed by atoms with Gasteiger partial charge in [-0.3, -0.25) is 0 Å². The summed E-state index contributed by atoms with van der Waals surface area (Å²) in [6.45, 7) is 0. The number of para-hydroxylation sites is 2. The molecule has 0 saturated heterocycles. The van der Waals surface area contributed by atoms with Gasteiger partial charge in [0.25, 0.3) is 0 Å². The number of hydrogen-bond acceptors (Lipinski definition) is 4. The van der Waals surface area contributed by atoms with E-state index in [4.69, 9.17) is 9.40 Å². The van der Waals surface area contributed by atoms with Crippen molar-refractivity contribution >= 4 is 92.2 Å². The molecule has 11 aromatic rings. The van der Waals surface area contributed by atoms with E-state index >= 15 is 0 Å². The molecule has 3 aromatic heterocycles. The van der Waals surface area contributed by atoms with E-state index < -0.39 is 0 Å². The molecule has 0 amide bonds. The summed E-state index contributed by atoms with van der Waals surface area (Å²) in [6, 6.07) is 62.7. The van der Waals surface area contributed by atoms with Crippen molar-refractivity contribution in [2.45, 2.75) is 0 Å². The van der Waals surface area contributed by atoms with Gasteiger partial charge in [-0.05, 0) is 90.3 Å². The predicted molar refractivity (Wildman–Crippen MR) is 219 cm³/mol. The molecule has 0 fully saturated rings. The summed E-state index contributed by atoms with van der Waals surface area (Å²) in [7, 11) is 0. The van der Waals surface area contributed by atoms with E-state index in [0.29, 0.717) is 5.89 Å². The van der Waals surface area contributed by atoms with Gasteiger partial charge in [0, 0.05) is 64.6 Å². The fraction of sp³-hybridized carbons (Fsp3) is 0. The van der Waals surface area contributed by atoms with Crippen LogP contribution >= 0.6 is 11.3 Å². The lowest BCUT2D eigenvalue weighted by molar-refractivity contribution is 0.620. The van der Waals surface area contributed by atoms with Gasteiger partial charge in [-0.1, -0.05) is 91.0 Å². The highest BCUT2D eigenvalue weighted by Gasteiger charge is 2.20. The van der Waals surface area contributed by atoms with Crippen LogP contribution in [0.3, 0.4) is 0 Å². The SMILES string of the molecule is c1ccc(-c2nc3c(ccc4ccc(N(c5ccc6c(c5)sc5ccccc56)c5ccc6c(c5)c5ccccc5n6-c5ccccc5)cc43)o2)cc1. The third-order valence-electron chi connectivity index (χ3n) is 10.2. The molecule has 0 unspecified atom stereocenters. The smallest absolute Gasteiger partial charge is 0.227 e. The zero-order chi connectivity index (χ0) is 34.2. The zero-order valence-electron chi connectivity index (χ0n) is 27.9. The van der Waals surface area contributed by atoms with Crippen molar-refractivity contribution in [2.75, 3.05) is 4.90 Å². The van der Waals surface area contributed by atoms with Crippen LogP contribution in [-0.2, 0) is 0 Å². The maximum atomic E-state index is 6.31. The topological polar surface area (TPSA) is 34.2 Å². The summed E-state index contributed by atoms with van der Waals surface area (Å²) in [5.74, 6) is 0.626. The van der Waals surface area contributed by atoms with Crippen molar-refractivity contribution in [2.24, 2.45) is 0 Å². The quantitative estimate of drug-likeness (QED) is 0.181. The van der Waals surface area contributed by atoms with Crippen LogP contribution in [0.5, 0.6) is 0 Å². The molecule has 0 aliphatic heterocycles. The molecule has 244 valence electrons. The lowest BCUT2D eigenvalue weighted by atomic mass is 10.1. The highest BCUT2D eigenvalue weighted by atomic mass is 32.1. The Bertz CT molecular complexity index is 3140.